The fourth-order valence-electron chi connectivity index (χ4n) is 1.31. The molecule has 1 rings (SSSR count). The largest absolute Gasteiger partial charge is 0.315 e. The average Bonchev–Trinajstić information content (AvgIpc) is 2.28. The Morgan fingerprint density at radius 2 is 1.65 bits per heavy atom. The third-order valence-corrected chi connectivity index (χ3v) is 4.39. The normalized spacial score (nSPS) is 11.7. The zero-order valence-corrected chi connectivity index (χ0v) is 12.7. The van der Waals surface area contributed by atoms with Gasteiger partial charge in [-0.3, -0.25) is 0 Å². The van der Waals surface area contributed by atoms with Crippen molar-refractivity contribution in [1.82, 2.24) is 5.32 Å². The van der Waals surface area contributed by atoms with E-state index in [4.69, 9.17) is 0 Å². The molecule has 17 heavy (non-hydrogen) atoms. The van der Waals surface area contributed by atoms with E-state index >= 15 is 0 Å². The minimum Gasteiger partial charge on any atom is -0.315 e. The van der Waals surface area contributed by atoms with Crippen molar-refractivity contribution in [3.8, 4) is 0 Å². The maximum absolute atomic E-state index is 3.49. The highest BCUT2D eigenvalue weighted by atomic mass is 32.2. The Morgan fingerprint density at radius 3 is 2.29 bits per heavy atom. The van der Waals surface area contributed by atoms with Crippen LogP contribution in [0, 0.1) is 0 Å². The summed E-state index contributed by atoms with van der Waals surface area (Å²) in [7, 11) is 0. The first-order valence-corrected chi connectivity index (χ1v) is 8.07. The zero-order chi connectivity index (χ0) is 12.6. The summed E-state index contributed by atoms with van der Waals surface area (Å²) in [5.41, 5.74) is 0. The van der Waals surface area contributed by atoms with Crippen molar-refractivity contribution >= 4 is 23.5 Å². The maximum Gasteiger partial charge on any atom is 0.0106 e. The first-order chi connectivity index (χ1) is 8.08. The van der Waals surface area contributed by atoms with Crippen LogP contribution < -0.4 is 5.32 Å². The van der Waals surface area contributed by atoms with Crippen LogP contribution in [0.4, 0.5) is 0 Å². The van der Waals surface area contributed by atoms with E-state index in [2.05, 4.69) is 56.4 Å². The highest BCUT2D eigenvalue weighted by Gasteiger charge is 2.08. The van der Waals surface area contributed by atoms with E-state index in [-0.39, 0.29) is 0 Å². The molecule has 1 aromatic carbocycles. The second kappa shape index (κ2) is 8.06. The molecule has 0 radical (unpaired) electrons. The van der Waals surface area contributed by atoms with Gasteiger partial charge >= 0.3 is 0 Å². The van der Waals surface area contributed by atoms with E-state index in [1.165, 1.54) is 10.6 Å². The minimum absolute atomic E-state index is 0.389. The SMILES string of the molecule is CC(C)(C)SCCNCCSc1ccccc1. The molecule has 0 aliphatic heterocycles. The van der Waals surface area contributed by atoms with Gasteiger partial charge in [0.15, 0.2) is 0 Å². The summed E-state index contributed by atoms with van der Waals surface area (Å²) >= 11 is 3.93. The summed E-state index contributed by atoms with van der Waals surface area (Å²) in [4.78, 5) is 1.36. The quantitative estimate of drug-likeness (QED) is 0.595. The fraction of sp³-hybridized carbons (Fsp3) is 0.571. The van der Waals surface area contributed by atoms with Crippen molar-refractivity contribution in [3.63, 3.8) is 0 Å². The summed E-state index contributed by atoms with van der Waals surface area (Å²) in [6, 6.07) is 10.6. The first-order valence-electron chi connectivity index (χ1n) is 6.10. The number of hydrogen-bond donors (Lipinski definition) is 1. The number of nitrogens with one attached hydrogen (secondary N) is 1. The van der Waals surface area contributed by atoms with Crippen LogP contribution in [0.1, 0.15) is 20.8 Å². The summed E-state index contributed by atoms with van der Waals surface area (Å²) in [5, 5.41) is 3.49. The van der Waals surface area contributed by atoms with E-state index in [9.17, 15) is 0 Å². The lowest BCUT2D eigenvalue weighted by Gasteiger charge is -2.17. The standard InChI is InChI=1S/C14H23NS2/c1-14(2,3)17-12-10-15-9-11-16-13-7-5-4-6-8-13/h4-8,15H,9-12H2,1-3H3. The van der Waals surface area contributed by atoms with Crippen molar-refractivity contribution < 1.29 is 0 Å². The molecule has 0 atom stereocenters. The van der Waals surface area contributed by atoms with Gasteiger partial charge < -0.3 is 5.32 Å². The Bertz CT molecular complexity index is 293. The molecule has 0 aliphatic carbocycles. The topological polar surface area (TPSA) is 12.0 Å². The first kappa shape index (κ1) is 14.9. The second-order valence-corrected chi connectivity index (χ2v) is 7.96. The van der Waals surface area contributed by atoms with Crippen molar-refractivity contribution in [1.29, 1.82) is 0 Å². The van der Waals surface area contributed by atoms with Crippen LogP contribution in [0.5, 0.6) is 0 Å². The van der Waals surface area contributed by atoms with Gasteiger partial charge in [-0.2, -0.15) is 11.8 Å². The fourth-order valence-corrected chi connectivity index (χ4v) is 3.00. The van der Waals surface area contributed by atoms with Crippen molar-refractivity contribution in [2.24, 2.45) is 0 Å². The van der Waals surface area contributed by atoms with Crippen molar-refractivity contribution in [3.05, 3.63) is 30.3 Å². The molecule has 0 aromatic heterocycles. The number of rotatable bonds is 7. The maximum atomic E-state index is 3.49. The predicted molar refractivity (Wildman–Crippen MR) is 82.2 cm³/mol. The summed E-state index contributed by atoms with van der Waals surface area (Å²) in [6.07, 6.45) is 0. The van der Waals surface area contributed by atoms with Gasteiger partial charge in [-0.05, 0) is 12.1 Å². The number of thioether (sulfide) groups is 2. The van der Waals surface area contributed by atoms with Gasteiger partial charge in [0.05, 0.1) is 0 Å². The summed E-state index contributed by atoms with van der Waals surface area (Å²) in [5.74, 6) is 2.34. The van der Waals surface area contributed by atoms with Crippen LogP contribution in [-0.2, 0) is 0 Å². The minimum atomic E-state index is 0.389. The number of hydrogen-bond acceptors (Lipinski definition) is 3. The molecule has 0 saturated heterocycles. The van der Waals surface area contributed by atoms with Crippen LogP contribution in [0.3, 0.4) is 0 Å². The molecule has 0 bridgehead atoms. The van der Waals surface area contributed by atoms with Crippen molar-refractivity contribution in [2.45, 2.75) is 30.4 Å². The van der Waals surface area contributed by atoms with E-state index in [0.717, 1.165) is 18.8 Å². The molecule has 0 fully saturated rings. The Labute approximate surface area is 114 Å². The van der Waals surface area contributed by atoms with E-state index in [1.807, 2.05) is 23.5 Å². The smallest absolute Gasteiger partial charge is 0.0106 e. The molecule has 0 heterocycles. The van der Waals surface area contributed by atoms with E-state index in [1.54, 1.807) is 0 Å². The van der Waals surface area contributed by atoms with E-state index in [0.29, 0.717) is 4.75 Å². The highest BCUT2D eigenvalue weighted by Crippen LogP contribution is 2.22. The molecule has 96 valence electrons. The zero-order valence-electron chi connectivity index (χ0n) is 11.0. The molecule has 0 amide bonds. The molecule has 1 nitrogen and oxygen atoms in total. The van der Waals surface area contributed by atoms with Gasteiger partial charge in [0.1, 0.15) is 0 Å². The molecule has 1 N–H and O–H groups in total. The Balaban J connectivity index is 1.95. The molecular weight excluding hydrogens is 246 g/mol. The molecular formula is C14H23NS2. The molecule has 0 spiro atoms. The lowest BCUT2D eigenvalue weighted by Crippen LogP contribution is -2.22. The third kappa shape index (κ3) is 8.58. The second-order valence-electron chi connectivity index (χ2n) is 4.87. The Hall–Kier alpha value is -0.120. The Kier molecular flexibility index (Phi) is 7.09. The van der Waals surface area contributed by atoms with Gasteiger partial charge in [-0.25, -0.2) is 0 Å². The Morgan fingerprint density at radius 1 is 1.00 bits per heavy atom. The molecule has 0 unspecified atom stereocenters. The van der Waals surface area contributed by atoms with Crippen LogP contribution in [0.25, 0.3) is 0 Å². The van der Waals surface area contributed by atoms with Gasteiger partial charge in [-0.1, -0.05) is 39.0 Å². The van der Waals surface area contributed by atoms with Gasteiger partial charge in [0.25, 0.3) is 0 Å². The molecule has 0 aliphatic rings. The highest BCUT2D eigenvalue weighted by molar-refractivity contribution is 8.00. The number of benzene rings is 1. The van der Waals surface area contributed by atoms with Crippen molar-refractivity contribution in [2.75, 3.05) is 24.6 Å². The van der Waals surface area contributed by atoms with Crippen LogP contribution in [0.2, 0.25) is 0 Å². The predicted octanol–water partition coefficient (Wildman–Crippen LogP) is 3.90. The van der Waals surface area contributed by atoms with Gasteiger partial charge in [-0.15, -0.1) is 11.8 Å². The molecule has 3 heteroatoms. The third-order valence-electron chi connectivity index (χ3n) is 2.10. The van der Waals surface area contributed by atoms with Crippen LogP contribution in [-0.4, -0.2) is 29.3 Å². The lowest BCUT2D eigenvalue weighted by molar-refractivity contribution is 0.760. The molecule has 0 saturated carbocycles. The van der Waals surface area contributed by atoms with Crippen LogP contribution in [0.15, 0.2) is 35.2 Å². The summed E-state index contributed by atoms with van der Waals surface area (Å²) in [6.45, 7) is 9.00. The molecule has 1 aromatic rings. The van der Waals surface area contributed by atoms with E-state index < -0.39 is 0 Å². The lowest BCUT2D eigenvalue weighted by atomic mass is 10.3. The van der Waals surface area contributed by atoms with Gasteiger partial charge in [0.2, 0.25) is 0 Å². The van der Waals surface area contributed by atoms with Crippen LogP contribution >= 0.6 is 23.5 Å². The monoisotopic (exact) mass is 269 g/mol. The average molecular weight is 269 g/mol. The summed E-state index contributed by atoms with van der Waals surface area (Å²) < 4.78 is 0.389. The van der Waals surface area contributed by atoms with Gasteiger partial charge in [0, 0.05) is 34.2 Å².